The van der Waals surface area contributed by atoms with E-state index in [-0.39, 0.29) is 24.8 Å². The molecule has 1 amide bonds. The predicted octanol–water partition coefficient (Wildman–Crippen LogP) is 4.49. The van der Waals surface area contributed by atoms with Crippen LogP contribution in [-0.4, -0.2) is 65.6 Å². The maximum Gasteiger partial charge on any atom is 0.222 e. The number of nitrogens with one attached hydrogen (secondary N) is 1. The van der Waals surface area contributed by atoms with Crippen LogP contribution in [0.15, 0.2) is 23.8 Å². The summed E-state index contributed by atoms with van der Waals surface area (Å²) in [5, 5.41) is 33.9. The van der Waals surface area contributed by atoms with Crippen molar-refractivity contribution in [3.63, 3.8) is 0 Å². The van der Waals surface area contributed by atoms with Gasteiger partial charge in [-0.2, -0.15) is 0 Å². The highest BCUT2D eigenvalue weighted by Crippen LogP contribution is 2.20. The standard InChI is InChI=1S/C30H53NO6/c1-5-24-11-8-13-25(21-37-4)16-17-28(34)29(35)19-27(33)20-31-30(36)23(3)18-22(2)10-6-7-14-26(32)15-9-12-24/h8,11,13,22-24,27-29,33-35H,5-7,9-10,12,14-21H2,1-4H3,(H,31,36)/b11-8+,25-13-/t22-,23+,24+,27+,28-,29+/m1/s1. The van der Waals surface area contributed by atoms with E-state index >= 15 is 0 Å². The number of hydrogen-bond donors (Lipinski definition) is 4. The minimum absolute atomic E-state index is 0.00758. The lowest BCUT2D eigenvalue weighted by Gasteiger charge is -2.22. The molecule has 1 aliphatic rings. The van der Waals surface area contributed by atoms with Gasteiger partial charge in [-0.05, 0) is 62.4 Å². The van der Waals surface area contributed by atoms with Crippen LogP contribution in [0.2, 0.25) is 0 Å². The maximum atomic E-state index is 12.5. The second-order valence-corrected chi connectivity index (χ2v) is 11.0. The summed E-state index contributed by atoms with van der Waals surface area (Å²) in [6.07, 6.45) is 11.9. The van der Waals surface area contributed by atoms with Crippen LogP contribution in [-0.2, 0) is 14.3 Å². The zero-order valence-electron chi connectivity index (χ0n) is 23.7. The smallest absolute Gasteiger partial charge is 0.222 e. The first-order valence-corrected chi connectivity index (χ1v) is 14.3. The first-order chi connectivity index (χ1) is 17.7. The first-order valence-electron chi connectivity index (χ1n) is 14.3. The van der Waals surface area contributed by atoms with Gasteiger partial charge in [0.2, 0.25) is 5.91 Å². The second kappa shape index (κ2) is 19.5. The molecule has 214 valence electrons. The van der Waals surface area contributed by atoms with Gasteiger partial charge in [-0.1, -0.05) is 51.8 Å². The van der Waals surface area contributed by atoms with Gasteiger partial charge in [0.15, 0.2) is 0 Å². The minimum atomic E-state index is -1.08. The van der Waals surface area contributed by atoms with Gasteiger partial charge in [-0.3, -0.25) is 9.59 Å². The van der Waals surface area contributed by atoms with Crippen molar-refractivity contribution in [2.75, 3.05) is 20.3 Å². The molecule has 0 aliphatic carbocycles. The van der Waals surface area contributed by atoms with E-state index in [9.17, 15) is 24.9 Å². The highest BCUT2D eigenvalue weighted by molar-refractivity contribution is 5.78. The molecule has 1 aliphatic heterocycles. The number of carbonyl (C=O) groups is 2. The fraction of sp³-hybridized carbons (Fsp3) is 0.800. The lowest BCUT2D eigenvalue weighted by molar-refractivity contribution is -0.125. The van der Waals surface area contributed by atoms with E-state index in [2.05, 4.69) is 25.2 Å². The summed E-state index contributed by atoms with van der Waals surface area (Å²) in [6.45, 7) is 6.66. The number of Topliss-reactive ketones (excluding diaryl/α,β-unsaturated/α-hetero) is 1. The molecule has 1 heterocycles. The molecule has 0 aromatic heterocycles. The molecule has 0 aromatic rings. The maximum absolute atomic E-state index is 12.5. The molecule has 0 saturated heterocycles. The molecule has 4 N–H and O–H groups in total. The van der Waals surface area contributed by atoms with Crippen LogP contribution in [0.3, 0.4) is 0 Å². The average Bonchev–Trinajstić information content (AvgIpc) is 2.86. The molecule has 6 atom stereocenters. The SMILES string of the molecule is CC[C@H]1/C=C/C=C(\COC)CC[C@@H](O)[C@@H](O)C[C@H](O)CNC(=O)[C@@H](C)C[C@H](C)CCCCC(=O)CCC1. The second-order valence-electron chi connectivity index (χ2n) is 11.0. The van der Waals surface area contributed by atoms with Gasteiger partial charge in [0.1, 0.15) is 5.78 Å². The first kappa shape index (κ1) is 33.5. The number of methoxy groups -OCH3 is 1. The minimum Gasteiger partial charge on any atom is -0.391 e. The third kappa shape index (κ3) is 15.5. The van der Waals surface area contributed by atoms with Gasteiger partial charge in [-0.25, -0.2) is 0 Å². The number of aliphatic hydroxyl groups is 3. The number of carbonyl (C=O) groups excluding carboxylic acids is 2. The van der Waals surface area contributed by atoms with Gasteiger partial charge in [-0.15, -0.1) is 0 Å². The Bertz CT molecular complexity index is 706. The van der Waals surface area contributed by atoms with Crippen molar-refractivity contribution in [2.24, 2.45) is 17.8 Å². The summed E-state index contributed by atoms with van der Waals surface area (Å²) < 4.78 is 5.30. The molecule has 0 spiro atoms. The molecule has 7 heteroatoms. The average molecular weight is 524 g/mol. The number of rotatable bonds is 3. The van der Waals surface area contributed by atoms with Crippen LogP contribution in [0, 0.1) is 17.8 Å². The molecule has 0 bridgehead atoms. The zero-order valence-corrected chi connectivity index (χ0v) is 23.7. The highest BCUT2D eigenvalue weighted by Gasteiger charge is 2.22. The molecule has 0 saturated carbocycles. The molecule has 0 radical (unpaired) electrons. The van der Waals surface area contributed by atoms with E-state index in [1.54, 1.807) is 7.11 Å². The van der Waals surface area contributed by atoms with E-state index in [0.717, 1.165) is 50.5 Å². The number of ketones is 1. The number of allylic oxidation sites excluding steroid dienone is 3. The van der Waals surface area contributed by atoms with Crippen molar-refractivity contribution in [1.82, 2.24) is 5.32 Å². The van der Waals surface area contributed by atoms with Crippen LogP contribution >= 0.6 is 0 Å². The van der Waals surface area contributed by atoms with Crippen molar-refractivity contribution in [2.45, 2.75) is 116 Å². The molecule has 0 unspecified atom stereocenters. The number of ether oxygens (including phenoxy) is 1. The Morgan fingerprint density at radius 2 is 1.68 bits per heavy atom. The van der Waals surface area contributed by atoms with Gasteiger partial charge >= 0.3 is 0 Å². The third-order valence-corrected chi connectivity index (χ3v) is 7.44. The molecule has 7 nitrogen and oxygen atoms in total. The van der Waals surface area contributed by atoms with Crippen molar-refractivity contribution < 1.29 is 29.6 Å². The fourth-order valence-electron chi connectivity index (χ4n) is 4.94. The van der Waals surface area contributed by atoms with Crippen LogP contribution in [0.4, 0.5) is 0 Å². The van der Waals surface area contributed by atoms with Crippen LogP contribution in [0.1, 0.15) is 97.8 Å². The van der Waals surface area contributed by atoms with E-state index in [0.29, 0.717) is 49.9 Å². The lowest BCUT2D eigenvalue weighted by Crippen LogP contribution is -2.39. The fourth-order valence-corrected chi connectivity index (χ4v) is 4.94. The zero-order chi connectivity index (χ0) is 27.6. The Kier molecular flexibility index (Phi) is 17.7. The Morgan fingerprint density at radius 3 is 2.38 bits per heavy atom. The van der Waals surface area contributed by atoms with E-state index in [1.165, 1.54) is 0 Å². The number of hydrogen-bond acceptors (Lipinski definition) is 6. The van der Waals surface area contributed by atoms with Crippen LogP contribution in [0.25, 0.3) is 0 Å². The Morgan fingerprint density at radius 1 is 0.946 bits per heavy atom. The lowest BCUT2D eigenvalue weighted by atomic mass is 9.91. The van der Waals surface area contributed by atoms with Crippen molar-refractivity contribution in [1.29, 1.82) is 0 Å². The summed E-state index contributed by atoms with van der Waals surface area (Å²) >= 11 is 0. The van der Waals surface area contributed by atoms with E-state index in [4.69, 9.17) is 4.74 Å². The summed E-state index contributed by atoms with van der Waals surface area (Å²) in [7, 11) is 1.63. The van der Waals surface area contributed by atoms with Crippen molar-refractivity contribution in [3.8, 4) is 0 Å². The number of amides is 1. The van der Waals surface area contributed by atoms with Crippen LogP contribution in [0.5, 0.6) is 0 Å². The monoisotopic (exact) mass is 523 g/mol. The normalized spacial score (nSPS) is 33.9. The third-order valence-electron chi connectivity index (χ3n) is 7.44. The van der Waals surface area contributed by atoms with Gasteiger partial charge < -0.3 is 25.4 Å². The molecule has 37 heavy (non-hydrogen) atoms. The Balaban J connectivity index is 2.83. The van der Waals surface area contributed by atoms with Crippen molar-refractivity contribution in [3.05, 3.63) is 23.8 Å². The van der Waals surface area contributed by atoms with Crippen molar-refractivity contribution >= 4 is 11.7 Å². The quantitative estimate of drug-likeness (QED) is 0.433. The number of aliphatic hydroxyl groups excluding tert-OH is 3. The highest BCUT2D eigenvalue weighted by atomic mass is 16.5. The topological polar surface area (TPSA) is 116 Å². The molecule has 0 aromatic carbocycles. The molecule has 1 rings (SSSR count). The Labute approximate surface area is 224 Å². The van der Waals surface area contributed by atoms with Gasteiger partial charge in [0.05, 0.1) is 24.9 Å². The molecule has 0 fully saturated rings. The molecular formula is C30H53NO6. The van der Waals surface area contributed by atoms with Gasteiger partial charge in [0.25, 0.3) is 0 Å². The summed E-state index contributed by atoms with van der Waals surface area (Å²) in [6, 6.07) is 0. The number of β-amino-alcohol motifs (C(OH)–C–C–N with tert-alkyl or cyclic N) is 1. The Hall–Kier alpha value is -1.54. The van der Waals surface area contributed by atoms with Gasteiger partial charge in [0, 0.05) is 38.8 Å². The van der Waals surface area contributed by atoms with Crippen LogP contribution < -0.4 is 5.32 Å². The largest absolute Gasteiger partial charge is 0.391 e. The summed E-state index contributed by atoms with van der Waals surface area (Å²) in [4.78, 5) is 24.8. The van der Waals surface area contributed by atoms with E-state index < -0.39 is 18.3 Å². The summed E-state index contributed by atoms with van der Waals surface area (Å²) in [5.74, 6) is 0.831. The van der Waals surface area contributed by atoms with E-state index in [1.807, 2.05) is 19.1 Å². The predicted molar refractivity (Wildman–Crippen MR) is 148 cm³/mol. The molecular weight excluding hydrogens is 470 g/mol. The summed E-state index contributed by atoms with van der Waals surface area (Å²) in [5.41, 5.74) is 1.01.